The van der Waals surface area contributed by atoms with Gasteiger partial charge in [-0.1, -0.05) is 62.4 Å². The van der Waals surface area contributed by atoms with Crippen LogP contribution in [0.2, 0.25) is 0 Å². The van der Waals surface area contributed by atoms with E-state index >= 15 is 0 Å². The van der Waals surface area contributed by atoms with Gasteiger partial charge in [0.15, 0.2) is 0 Å². The first-order valence-electron chi connectivity index (χ1n) is 8.81. The van der Waals surface area contributed by atoms with Crippen molar-refractivity contribution in [1.29, 1.82) is 0 Å². The minimum Gasteiger partial charge on any atom is -0.480 e. The SMILES string of the molecule is CC(C)CC(NC(=O)OCC1c2ccccc2-c2ccccc21)C(=O)O.O. The molecular formula is C21H25NO5. The Bertz CT molecular complexity index is 772. The molecule has 6 heteroatoms. The fraction of sp³-hybridized carbons (Fsp3) is 0.333. The van der Waals surface area contributed by atoms with Gasteiger partial charge in [-0.25, -0.2) is 9.59 Å². The third-order valence-electron chi connectivity index (χ3n) is 4.64. The molecule has 6 nitrogen and oxygen atoms in total. The van der Waals surface area contributed by atoms with E-state index in [4.69, 9.17) is 4.74 Å². The minimum atomic E-state index is -1.05. The molecule has 1 aliphatic carbocycles. The molecule has 144 valence electrons. The van der Waals surface area contributed by atoms with Crippen LogP contribution in [0.25, 0.3) is 11.1 Å². The summed E-state index contributed by atoms with van der Waals surface area (Å²) in [5.74, 6) is -0.932. The van der Waals surface area contributed by atoms with Gasteiger partial charge in [-0.2, -0.15) is 0 Å². The molecule has 0 heterocycles. The monoisotopic (exact) mass is 371 g/mol. The van der Waals surface area contributed by atoms with E-state index in [9.17, 15) is 14.7 Å². The maximum absolute atomic E-state index is 12.1. The largest absolute Gasteiger partial charge is 0.480 e. The number of carbonyl (C=O) groups is 2. The second kappa shape index (κ2) is 8.68. The summed E-state index contributed by atoms with van der Waals surface area (Å²) in [5, 5.41) is 11.7. The molecule has 1 amide bonds. The summed E-state index contributed by atoms with van der Waals surface area (Å²) in [5.41, 5.74) is 4.55. The number of fused-ring (bicyclic) bond motifs is 3. The van der Waals surface area contributed by atoms with E-state index in [1.165, 1.54) is 0 Å². The topological polar surface area (TPSA) is 107 Å². The van der Waals surface area contributed by atoms with Crippen molar-refractivity contribution in [1.82, 2.24) is 5.32 Å². The van der Waals surface area contributed by atoms with Crippen LogP contribution in [-0.2, 0) is 9.53 Å². The summed E-state index contributed by atoms with van der Waals surface area (Å²) in [4.78, 5) is 23.4. The Morgan fingerprint density at radius 3 is 2.04 bits per heavy atom. The average Bonchev–Trinajstić information content (AvgIpc) is 2.93. The number of aliphatic carboxylic acids is 1. The highest BCUT2D eigenvalue weighted by Crippen LogP contribution is 2.44. The molecule has 0 fully saturated rings. The Labute approximate surface area is 158 Å². The quantitative estimate of drug-likeness (QED) is 0.813. The Morgan fingerprint density at radius 2 is 1.56 bits per heavy atom. The zero-order valence-electron chi connectivity index (χ0n) is 15.4. The van der Waals surface area contributed by atoms with Gasteiger partial charge >= 0.3 is 12.1 Å². The molecule has 0 saturated carbocycles. The van der Waals surface area contributed by atoms with Crippen molar-refractivity contribution in [2.75, 3.05) is 6.61 Å². The van der Waals surface area contributed by atoms with Gasteiger partial charge in [0.05, 0.1) is 0 Å². The molecule has 1 aliphatic rings. The van der Waals surface area contributed by atoms with Crippen LogP contribution < -0.4 is 5.32 Å². The van der Waals surface area contributed by atoms with E-state index < -0.39 is 18.1 Å². The van der Waals surface area contributed by atoms with Gasteiger partial charge in [0.25, 0.3) is 0 Å². The summed E-state index contributed by atoms with van der Waals surface area (Å²) < 4.78 is 5.39. The van der Waals surface area contributed by atoms with Gasteiger partial charge in [0.1, 0.15) is 12.6 Å². The molecule has 0 radical (unpaired) electrons. The first-order chi connectivity index (χ1) is 12.5. The fourth-order valence-corrected chi connectivity index (χ4v) is 3.48. The van der Waals surface area contributed by atoms with Crippen molar-refractivity contribution in [3.63, 3.8) is 0 Å². The highest BCUT2D eigenvalue weighted by Gasteiger charge is 2.29. The van der Waals surface area contributed by atoms with Gasteiger partial charge in [-0.05, 0) is 34.6 Å². The molecule has 1 unspecified atom stereocenters. The van der Waals surface area contributed by atoms with E-state index in [1.54, 1.807) is 0 Å². The van der Waals surface area contributed by atoms with Crippen molar-refractivity contribution < 1.29 is 24.9 Å². The number of amides is 1. The van der Waals surface area contributed by atoms with Crippen LogP contribution in [0.15, 0.2) is 48.5 Å². The summed E-state index contributed by atoms with van der Waals surface area (Å²) in [6, 6.07) is 15.2. The first-order valence-corrected chi connectivity index (χ1v) is 8.81. The predicted molar refractivity (Wildman–Crippen MR) is 103 cm³/mol. The standard InChI is InChI=1S/C21H23NO4.H2O/c1-13(2)11-19(20(23)24)22-21(25)26-12-18-16-9-5-3-7-14(16)15-8-4-6-10-17(15)18;/h3-10,13,18-19H,11-12H2,1-2H3,(H,22,25)(H,23,24);1H2. The number of carbonyl (C=O) groups excluding carboxylic acids is 1. The van der Waals surface area contributed by atoms with Crippen molar-refractivity contribution in [2.24, 2.45) is 5.92 Å². The summed E-state index contributed by atoms with van der Waals surface area (Å²) in [6.07, 6.45) is -0.334. The van der Waals surface area contributed by atoms with Gasteiger partial charge in [0.2, 0.25) is 0 Å². The summed E-state index contributed by atoms with van der Waals surface area (Å²) in [7, 11) is 0. The molecule has 1 atom stereocenters. The van der Waals surface area contributed by atoms with Gasteiger partial charge in [-0.3, -0.25) is 0 Å². The van der Waals surface area contributed by atoms with Crippen molar-refractivity contribution in [3.05, 3.63) is 59.7 Å². The number of alkyl carbamates (subject to hydrolysis) is 1. The van der Waals surface area contributed by atoms with E-state index in [1.807, 2.05) is 50.2 Å². The maximum atomic E-state index is 12.1. The van der Waals surface area contributed by atoms with Gasteiger partial charge in [-0.15, -0.1) is 0 Å². The number of carboxylic acid groups (broad SMARTS) is 1. The number of hydrogen-bond acceptors (Lipinski definition) is 3. The van der Waals surface area contributed by atoms with E-state index in [2.05, 4.69) is 17.4 Å². The molecule has 4 N–H and O–H groups in total. The summed E-state index contributed by atoms with van der Waals surface area (Å²) >= 11 is 0. The third kappa shape index (κ3) is 4.46. The summed E-state index contributed by atoms with van der Waals surface area (Å²) in [6.45, 7) is 4.00. The lowest BCUT2D eigenvalue weighted by Crippen LogP contribution is -2.42. The average molecular weight is 371 g/mol. The number of carboxylic acids is 1. The number of hydrogen-bond donors (Lipinski definition) is 2. The van der Waals surface area contributed by atoms with Crippen LogP contribution >= 0.6 is 0 Å². The number of ether oxygens (including phenoxy) is 1. The van der Waals surface area contributed by atoms with E-state index in [0.717, 1.165) is 22.3 Å². The molecule has 2 aromatic rings. The number of nitrogens with one attached hydrogen (secondary N) is 1. The van der Waals surface area contributed by atoms with E-state index in [0.29, 0.717) is 6.42 Å². The Morgan fingerprint density at radius 1 is 1.04 bits per heavy atom. The number of benzene rings is 2. The van der Waals surface area contributed by atoms with Crippen LogP contribution in [0.4, 0.5) is 4.79 Å². The highest BCUT2D eigenvalue weighted by molar-refractivity contribution is 5.81. The van der Waals surface area contributed by atoms with Crippen LogP contribution in [0.5, 0.6) is 0 Å². The molecule has 3 rings (SSSR count). The van der Waals surface area contributed by atoms with Crippen LogP contribution in [-0.4, -0.2) is 35.3 Å². The lowest BCUT2D eigenvalue weighted by molar-refractivity contribution is -0.139. The van der Waals surface area contributed by atoms with Gasteiger partial charge in [0, 0.05) is 5.92 Å². The Hall–Kier alpha value is -2.86. The van der Waals surface area contributed by atoms with Crippen molar-refractivity contribution in [2.45, 2.75) is 32.2 Å². The van der Waals surface area contributed by atoms with Crippen LogP contribution in [0.3, 0.4) is 0 Å². The number of rotatable bonds is 6. The molecule has 0 saturated heterocycles. The Kier molecular flexibility index (Phi) is 6.58. The van der Waals surface area contributed by atoms with Crippen LogP contribution in [0, 0.1) is 5.92 Å². The second-order valence-corrected chi connectivity index (χ2v) is 6.99. The molecule has 0 aromatic heterocycles. The second-order valence-electron chi connectivity index (χ2n) is 6.99. The molecule has 0 spiro atoms. The van der Waals surface area contributed by atoms with Gasteiger partial charge < -0.3 is 20.6 Å². The normalized spacial score (nSPS) is 13.3. The first kappa shape index (κ1) is 20.5. The minimum absolute atomic E-state index is 0. The molecular weight excluding hydrogens is 346 g/mol. The maximum Gasteiger partial charge on any atom is 0.407 e. The molecule has 0 aliphatic heterocycles. The lowest BCUT2D eigenvalue weighted by Gasteiger charge is -2.18. The highest BCUT2D eigenvalue weighted by atomic mass is 16.5. The van der Waals surface area contributed by atoms with Crippen molar-refractivity contribution in [3.8, 4) is 11.1 Å². The molecule has 27 heavy (non-hydrogen) atoms. The fourth-order valence-electron chi connectivity index (χ4n) is 3.48. The molecule has 2 aromatic carbocycles. The zero-order valence-corrected chi connectivity index (χ0v) is 15.4. The predicted octanol–water partition coefficient (Wildman–Crippen LogP) is 3.20. The lowest BCUT2D eigenvalue weighted by atomic mass is 9.98. The molecule has 0 bridgehead atoms. The van der Waals surface area contributed by atoms with E-state index in [-0.39, 0.29) is 23.9 Å². The third-order valence-corrected chi connectivity index (χ3v) is 4.64. The smallest absolute Gasteiger partial charge is 0.407 e. The Balaban J connectivity index is 0.00000261. The van der Waals surface area contributed by atoms with Crippen molar-refractivity contribution >= 4 is 12.1 Å². The van der Waals surface area contributed by atoms with Crippen LogP contribution in [0.1, 0.15) is 37.3 Å². The zero-order chi connectivity index (χ0) is 18.7.